The molecule has 0 bridgehead atoms. The second kappa shape index (κ2) is 9.78. The molecule has 8 heteroatoms. The van der Waals surface area contributed by atoms with Crippen LogP contribution in [0.25, 0.3) is 11.3 Å². The summed E-state index contributed by atoms with van der Waals surface area (Å²) >= 11 is 0. The number of aromatic nitrogens is 1. The van der Waals surface area contributed by atoms with Crippen molar-refractivity contribution in [1.82, 2.24) is 4.98 Å². The molecule has 5 rings (SSSR count). The quantitative estimate of drug-likeness (QED) is 0.463. The first-order valence-corrected chi connectivity index (χ1v) is 12.0. The van der Waals surface area contributed by atoms with E-state index < -0.39 is 5.97 Å². The van der Waals surface area contributed by atoms with Gasteiger partial charge in [0.25, 0.3) is 0 Å². The second-order valence-electron chi connectivity index (χ2n) is 9.21. The van der Waals surface area contributed by atoms with Gasteiger partial charge in [0.15, 0.2) is 0 Å². The van der Waals surface area contributed by atoms with Crippen molar-refractivity contribution in [3.05, 3.63) is 83.4 Å². The molecule has 1 amide bonds. The maximum Gasteiger partial charge on any atom is 0.327 e. The maximum absolute atomic E-state index is 13.5. The molecule has 2 aromatic carbocycles. The number of benzene rings is 2. The molecule has 2 heterocycles. The SMILES string of the molecule is COc1cccc(-c2ccc3c(c2)[C@]2(CCO3)C[C@H]2C(=O)Nc2cc(C#N)ccc2CC=CC(=O)O)n1. The molecule has 0 unspecified atom stereocenters. The zero-order valence-corrected chi connectivity index (χ0v) is 20.2. The van der Waals surface area contributed by atoms with Gasteiger partial charge in [-0.1, -0.05) is 18.2 Å². The summed E-state index contributed by atoms with van der Waals surface area (Å²) in [5.41, 5.74) is 4.03. The van der Waals surface area contributed by atoms with Crippen LogP contribution in [0.5, 0.6) is 11.6 Å². The Bertz CT molecular complexity index is 1460. The van der Waals surface area contributed by atoms with Crippen molar-refractivity contribution in [2.75, 3.05) is 19.0 Å². The summed E-state index contributed by atoms with van der Waals surface area (Å²) in [4.78, 5) is 28.8. The number of allylic oxidation sites excluding steroid dienone is 1. The van der Waals surface area contributed by atoms with Crippen LogP contribution in [0.1, 0.15) is 29.5 Å². The Morgan fingerprint density at radius 3 is 2.92 bits per heavy atom. The Balaban J connectivity index is 1.41. The number of carbonyl (C=O) groups excluding carboxylic acids is 1. The van der Waals surface area contributed by atoms with Gasteiger partial charge in [-0.05, 0) is 61.2 Å². The van der Waals surface area contributed by atoms with E-state index in [9.17, 15) is 14.9 Å². The number of anilines is 1. The number of pyridine rings is 1. The van der Waals surface area contributed by atoms with E-state index in [4.69, 9.17) is 14.6 Å². The number of fused-ring (bicyclic) bond motifs is 2. The Morgan fingerprint density at radius 1 is 1.27 bits per heavy atom. The molecule has 1 fully saturated rings. The fraction of sp³-hybridized carbons (Fsp3) is 0.241. The largest absolute Gasteiger partial charge is 0.493 e. The lowest BCUT2D eigenvalue weighted by molar-refractivity contribution is -0.131. The summed E-state index contributed by atoms with van der Waals surface area (Å²) in [6.45, 7) is 0.530. The van der Waals surface area contributed by atoms with Crippen LogP contribution in [0, 0.1) is 17.2 Å². The van der Waals surface area contributed by atoms with E-state index in [0.717, 1.165) is 40.6 Å². The minimum Gasteiger partial charge on any atom is -0.493 e. The minimum absolute atomic E-state index is 0.128. The van der Waals surface area contributed by atoms with E-state index in [1.165, 1.54) is 6.08 Å². The zero-order valence-electron chi connectivity index (χ0n) is 20.2. The number of methoxy groups -OCH3 is 1. The molecule has 0 saturated heterocycles. The van der Waals surface area contributed by atoms with Gasteiger partial charge in [-0.2, -0.15) is 5.26 Å². The Labute approximate surface area is 214 Å². The van der Waals surface area contributed by atoms with Crippen LogP contribution in [-0.4, -0.2) is 35.7 Å². The van der Waals surface area contributed by atoms with E-state index in [-0.39, 0.29) is 17.2 Å². The minimum atomic E-state index is -1.04. The standard InChI is InChI=1S/C29H25N3O5/c1-36-26-6-3-5-23(31-26)20-10-11-25-21(15-20)29(12-13-37-25)16-22(29)28(35)32-24-14-18(17-30)8-9-19(24)4-2-7-27(33)34/h2-3,5-11,14-15,22H,4,12-13,16H2,1H3,(H,32,35)(H,33,34)/t22-,29-/m0/s1. The number of rotatable bonds is 7. The van der Waals surface area contributed by atoms with Crippen molar-refractivity contribution < 1.29 is 24.2 Å². The van der Waals surface area contributed by atoms with Gasteiger partial charge in [0.1, 0.15) is 5.75 Å². The number of aliphatic carboxylic acids is 1. The topological polar surface area (TPSA) is 122 Å². The summed E-state index contributed by atoms with van der Waals surface area (Å²) in [7, 11) is 1.58. The molecule has 8 nitrogen and oxygen atoms in total. The number of nitrogens with one attached hydrogen (secondary N) is 1. The summed E-state index contributed by atoms with van der Waals surface area (Å²) in [5, 5.41) is 21.2. The van der Waals surface area contributed by atoms with Crippen molar-refractivity contribution in [1.29, 1.82) is 5.26 Å². The van der Waals surface area contributed by atoms with Crippen molar-refractivity contribution in [3.63, 3.8) is 0 Å². The average Bonchev–Trinajstić information content (AvgIpc) is 3.64. The Kier molecular flexibility index (Phi) is 6.36. The third-order valence-electron chi connectivity index (χ3n) is 7.04. The lowest BCUT2D eigenvalue weighted by atomic mass is 9.86. The van der Waals surface area contributed by atoms with Gasteiger partial charge in [-0.3, -0.25) is 4.79 Å². The van der Waals surface area contributed by atoms with Gasteiger partial charge in [0.2, 0.25) is 11.8 Å². The lowest BCUT2D eigenvalue weighted by Gasteiger charge is -2.27. The molecule has 37 heavy (non-hydrogen) atoms. The van der Waals surface area contributed by atoms with Gasteiger partial charge >= 0.3 is 5.97 Å². The van der Waals surface area contributed by atoms with Crippen LogP contribution in [0.4, 0.5) is 5.69 Å². The average molecular weight is 496 g/mol. The molecule has 0 radical (unpaired) electrons. The van der Waals surface area contributed by atoms with Crippen LogP contribution >= 0.6 is 0 Å². The van der Waals surface area contributed by atoms with Crippen LogP contribution in [0.3, 0.4) is 0 Å². The van der Waals surface area contributed by atoms with E-state index in [1.807, 2.05) is 24.3 Å². The van der Waals surface area contributed by atoms with Crippen LogP contribution in [-0.2, 0) is 21.4 Å². The molecular formula is C29H25N3O5. The molecule has 1 aliphatic carbocycles. The highest BCUT2D eigenvalue weighted by Crippen LogP contribution is 2.61. The number of hydrogen-bond acceptors (Lipinski definition) is 6. The highest BCUT2D eigenvalue weighted by Gasteiger charge is 2.61. The molecule has 2 aliphatic rings. The number of ether oxygens (including phenoxy) is 2. The van der Waals surface area contributed by atoms with Crippen molar-refractivity contribution in [2.24, 2.45) is 5.92 Å². The normalized spacial score (nSPS) is 19.5. The summed E-state index contributed by atoms with van der Waals surface area (Å²) in [6, 6.07) is 18.7. The molecule has 1 aromatic heterocycles. The van der Waals surface area contributed by atoms with E-state index in [0.29, 0.717) is 36.6 Å². The number of nitrogens with zero attached hydrogens (tertiary/aromatic N) is 2. The van der Waals surface area contributed by atoms with Crippen molar-refractivity contribution >= 4 is 17.6 Å². The van der Waals surface area contributed by atoms with Crippen molar-refractivity contribution in [2.45, 2.75) is 24.7 Å². The molecular weight excluding hydrogens is 470 g/mol. The van der Waals surface area contributed by atoms with Gasteiger partial charge in [-0.25, -0.2) is 9.78 Å². The maximum atomic E-state index is 13.5. The Hall–Kier alpha value is -4.64. The number of carboxylic acids is 1. The number of carbonyl (C=O) groups is 2. The molecule has 1 saturated carbocycles. The third kappa shape index (κ3) is 4.76. The molecule has 186 valence electrons. The van der Waals surface area contributed by atoms with Gasteiger partial charge in [0, 0.05) is 40.3 Å². The number of carboxylic acid groups (broad SMARTS) is 1. The van der Waals surface area contributed by atoms with Gasteiger partial charge in [0.05, 0.1) is 31.0 Å². The van der Waals surface area contributed by atoms with Crippen LogP contribution in [0.15, 0.2) is 66.7 Å². The Morgan fingerprint density at radius 2 is 2.14 bits per heavy atom. The third-order valence-corrected chi connectivity index (χ3v) is 7.04. The molecule has 1 spiro atoms. The molecule has 3 aromatic rings. The first-order chi connectivity index (χ1) is 17.9. The van der Waals surface area contributed by atoms with E-state index in [2.05, 4.69) is 22.4 Å². The zero-order chi connectivity index (χ0) is 26.0. The van der Waals surface area contributed by atoms with E-state index in [1.54, 1.807) is 31.4 Å². The fourth-order valence-electron chi connectivity index (χ4n) is 5.04. The second-order valence-corrected chi connectivity index (χ2v) is 9.21. The van der Waals surface area contributed by atoms with Gasteiger partial charge < -0.3 is 19.9 Å². The van der Waals surface area contributed by atoms with Crippen LogP contribution < -0.4 is 14.8 Å². The van der Waals surface area contributed by atoms with E-state index >= 15 is 0 Å². The number of nitriles is 1. The monoisotopic (exact) mass is 495 g/mol. The highest BCUT2D eigenvalue weighted by atomic mass is 16.5. The summed E-state index contributed by atoms with van der Waals surface area (Å²) in [6.07, 6.45) is 4.31. The predicted octanol–water partition coefficient (Wildman–Crippen LogP) is 4.49. The first kappa shape index (κ1) is 24.1. The smallest absolute Gasteiger partial charge is 0.327 e. The highest BCUT2D eigenvalue weighted by molar-refractivity contribution is 5.97. The lowest BCUT2D eigenvalue weighted by Crippen LogP contribution is -2.27. The predicted molar refractivity (Wildman–Crippen MR) is 136 cm³/mol. The summed E-state index contributed by atoms with van der Waals surface area (Å²) in [5.74, 6) is -0.119. The fourth-order valence-corrected chi connectivity index (χ4v) is 5.04. The number of amides is 1. The first-order valence-electron chi connectivity index (χ1n) is 12.0. The summed E-state index contributed by atoms with van der Waals surface area (Å²) < 4.78 is 11.2. The van der Waals surface area contributed by atoms with Gasteiger partial charge in [-0.15, -0.1) is 0 Å². The van der Waals surface area contributed by atoms with Crippen molar-refractivity contribution in [3.8, 4) is 29.0 Å². The molecule has 1 aliphatic heterocycles. The number of hydrogen-bond donors (Lipinski definition) is 2. The molecule has 2 N–H and O–H groups in total. The molecule has 2 atom stereocenters. The van der Waals surface area contributed by atoms with Crippen LogP contribution in [0.2, 0.25) is 0 Å².